The summed E-state index contributed by atoms with van der Waals surface area (Å²) in [6.45, 7) is 3.19. The first-order valence-electron chi connectivity index (χ1n) is 4.25. The predicted octanol–water partition coefficient (Wildman–Crippen LogP) is -0.470. The molecule has 0 saturated heterocycles. The first-order valence-corrected chi connectivity index (χ1v) is 5.80. The smallest absolute Gasteiger partial charge is 0.253 e. The third-order valence-electron chi connectivity index (χ3n) is 2.02. The molecule has 6 nitrogen and oxygen atoms in total. The predicted molar refractivity (Wildman–Crippen MR) is 54.2 cm³/mol. The molecule has 0 bridgehead atoms. The Kier molecular flexibility index (Phi) is 2.87. The van der Waals surface area contributed by atoms with Crippen LogP contribution in [0.3, 0.4) is 0 Å². The molecular weight excluding hydrogens is 220 g/mol. The van der Waals surface area contributed by atoms with Crippen LogP contribution in [-0.2, 0) is 16.6 Å². The summed E-state index contributed by atoms with van der Waals surface area (Å²) in [5.74, 6) is -0.606. The standard InChI is InChI=1S/C8H12N2O4S/c1-3-10-6(11)4-5(2)7(8(10)12)15(9,13)14/h4,12H,3H2,1-2H3,(H2,9,13,14). The largest absolute Gasteiger partial charge is 0.493 e. The molecule has 0 aliphatic heterocycles. The van der Waals surface area contributed by atoms with E-state index >= 15 is 0 Å². The van der Waals surface area contributed by atoms with Crippen molar-refractivity contribution in [1.82, 2.24) is 4.57 Å². The van der Waals surface area contributed by atoms with Gasteiger partial charge in [-0.15, -0.1) is 0 Å². The van der Waals surface area contributed by atoms with Crippen LogP contribution in [-0.4, -0.2) is 18.1 Å². The van der Waals surface area contributed by atoms with Gasteiger partial charge in [-0.25, -0.2) is 13.6 Å². The van der Waals surface area contributed by atoms with Crippen molar-refractivity contribution in [2.75, 3.05) is 0 Å². The van der Waals surface area contributed by atoms with Crippen LogP contribution >= 0.6 is 0 Å². The molecule has 84 valence electrons. The molecule has 0 atom stereocenters. The third kappa shape index (κ3) is 2.02. The zero-order valence-electron chi connectivity index (χ0n) is 8.39. The summed E-state index contributed by atoms with van der Waals surface area (Å²) in [5, 5.41) is 14.5. The normalized spacial score (nSPS) is 11.7. The van der Waals surface area contributed by atoms with Gasteiger partial charge in [-0.3, -0.25) is 9.36 Å². The topological polar surface area (TPSA) is 102 Å². The van der Waals surface area contributed by atoms with E-state index in [1.807, 2.05) is 0 Å². The zero-order chi connectivity index (χ0) is 11.8. The monoisotopic (exact) mass is 232 g/mol. The lowest BCUT2D eigenvalue weighted by atomic mass is 10.3. The molecule has 3 N–H and O–H groups in total. The molecule has 0 fully saturated rings. The second kappa shape index (κ2) is 3.67. The SMILES string of the molecule is CCn1c(O)c(S(N)(=O)=O)c(C)cc1=O. The van der Waals surface area contributed by atoms with Crippen molar-refractivity contribution in [1.29, 1.82) is 0 Å². The van der Waals surface area contributed by atoms with Crippen molar-refractivity contribution < 1.29 is 13.5 Å². The summed E-state index contributed by atoms with van der Waals surface area (Å²) >= 11 is 0. The number of pyridine rings is 1. The Bertz CT molecular complexity index is 544. The van der Waals surface area contributed by atoms with Gasteiger partial charge in [0.2, 0.25) is 15.9 Å². The highest BCUT2D eigenvalue weighted by molar-refractivity contribution is 7.89. The van der Waals surface area contributed by atoms with E-state index in [9.17, 15) is 18.3 Å². The number of primary sulfonamides is 1. The Morgan fingerprint density at radius 1 is 1.53 bits per heavy atom. The molecular formula is C8H12N2O4S. The van der Waals surface area contributed by atoms with E-state index in [1.165, 1.54) is 6.92 Å². The number of nitrogens with zero attached hydrogens (tertiary/aromatic N) is 1. The minimum absolute atomic E-state index is 0.143. The molecule has 1 aromatic heterocycles. The minimum Gasteiger partial charge on any atom is -0.493 e. The lowest BCUT2D eigenvalue weighted by Crippen LogP contribution is -2.24. The highest BCUT2D eigenvalue weighted by Crippen LogP contribution is 2.22. The van der Waals surface area contributed by atoms with Crippen LogP contribution < -0.4 is 10.7 Å². The van der Waals surface area contributed by atoms with Crippen LogP contribution in [0, 0.1) is 6.92 Å². The molecule has 15 heavy (non-hydrogen) atoms. The van der Waals surface area contributed by atoms with Crippen molar-refractivity contribution in [3.05, 3.63) is 22.0 Å². The van der Waals surface area contributed by atoms with Crippen LogP contribution in [0.5, 0.6) is 5.88 Å². The van der Waals surface area contributed by atoms with E-state index in [-0.39, 0.29) is 12.1 Å². The fourth-order valence-electron chi connectivity index (χ4n) is 1.39. The van der Waals surface area contributed by atoms with Gasteiger partial charge in [0.15, 0.2) is 0 Å². The van der Waals surface area contributed by atoms with E-state index in [0.29, 0.717) is 0 Å². The summed E-state index contributed by atoms with van der Waals surface area (Å²) in [6.07, 6.45) is 0. The van der Waals surface area contributed by atoms with Crippen molar-refractivity contribution >= 4 is 10.0 Å². The number of sulfonamides is 1. The van der Waals surface area contributed by atoms with Crippen LogP contribution in [0.25, 0.3) is 0 Å². The Labute approximate surface area is 87.0 Å². The maximum absolute atomic E-state index is 11.3. The molecule has 0 aromatic carbocycles. The van der Waals surface area contributed by atoms with E-state index in [0.717, 1.165) is 10.6 Å². The van der Waals surface area contributed by atoms with Gasteiger partial charge < -0.3 is 5.11 Å². The molecule has 0 radical (unpaired) electrons. The van der Waals surface area contributed by atoms with E-state index in [2.05, 4.69) is 0 Å². The highest BCUT2D eigenvalue weighted by Gasteiger charge is 2.20. The first-order chi connectivity index (χ1) is 6.79. The summed E-state index contributed by atoms with van der Waals surface area (Å²) in [7, 11) is -4.02. The van der Waals surface area contributed by atoms with Crippen LogP contribution in [0.2, 0.25) is 0 Å². The average molecular weight is 232 g/mol. The molecule has 0 aliphatic carbocycles. The van der Waals surface area contributed by atoms with Crippen LogP contribution in [0.4, 0.5) is 0 Å². The van der Waals surface area contributed by atoms with Crippen molar-refractivity contribution in [3.63, 3.8) is 0 Å². The lowest BCUT2D eigenvalue weighted by molar-refractivity contribution is 0.393. The second-order valence-corrected chi connectivity index (χ2v) is 4.61. The molecule has 0 aliphatic rings. The van der Waals surface area contributed by atoms with Gasteiger partial charge in [0.25, 0.3) is 5.56 Å². The lowest BCUT2D eigenvalue weighted by Gasteiger charge is -2.11. The maximum Gasteiger partial charge on any atom is 0.253 e. The molecule has 1 heterocycles. The highest BCUT2D eigenvalue weighted by atomic mass is 32.2. The Morgan fingerprint density at radius 3 is 2.47 bits per heavy atom. The Hall–Kier alpha value is -1.34. The number of nitrogens with two attached hydrogens (primary N) is 1. The Morgan fingerprint density at radius 2 is 2.07 bits per heavy atom. The van der Waals surface area contributed by atoms with Gasteiger partial charge in [-0.05, 0) is 19.4 Å². The fraction of sp³-hybridized carbons (Fsp3) is 0.375. The molecule has 1 rings (SSSR count). The molecule has 0 amide bonds. The van der Waals surface area contributed by atoms with E-state index in [1.54, 1.807) is 6.92 Å². The van der Waals surface area contributed by atoms with Crippen molar-refractivity contribution in [3.8, 4) is 5.88 Å². The van der Waals surface area contributed by atoms with Crippen molar-refractivity contribution in [2.45, 2.75) is 25.3 Å². The molecule has 0 unspecified atom stereocenters. The number of aromatic hydroxyl groups is 1. The number of hydrogen-bond donors (Lipinski definition) is 2. The van der Waals surface area contributed by atoms with Crippen molar-refractivity contribution in [2.24, 2.45) is 5.14 Å². The molecule has 0 spiro atoms. The number of aromatic nitrogens is 1. The molecule has 7 heteroatoms. The van der Waals surface area contributed by atoms with Gasteiger partial charge >= 0.3 is 0 Å². The number of aryl methyl sites for hydroxylation is 1. The number of hydrogen-bond acceptors (Lipinski definition) is 4. The van der Waals surface area contributed by atoms with Gasteiger partial charge in [0.05, 0.1) is 0 Å². The third-order valence-corrected chi connectivity index (χ3v) is 3.10. The fourth-order valence-corrected chi connectivity index (χ4v) is 2.26. The summed E-state index contributed by atoms with van der Waals surface area (Å²) < 4.78 is 23.3. The van der Waals surface area contributed by atoms with E-state index in [4.69, 9.17) is 5.14 Å². The van der Waals surface area contributed by atoms with Gasteiger partial charge in [0, 0.05) is 12.6 Å². The average Bonchev–Trinajstić information content (AvgIpc) is 2.00. The number of rotatable bonds is 2. The zero-order valence-corrected chi connectivity index (χ0v) is 9.21. The second-order valence-electron chi connectivity index (χ2n) is 3.11. The van der Waals surface area contributed by atoms with Gasteiger partial charge in [-0.2, -0.15) is 0 Å². The van der Waals surface area contributed by atoms with E-state index < -0.39 is 26.4 Å². The summed E-state index contributed by atoms with van der Waals surface area (Å²) in [4.78, 5) is 10.9. The van der Waals surface area contributed by atoms with Gasteiger partial charge in [0.1, 0.15) is 4.90 Å². The maximum atomic E-state index is 11.3. The minimum atomic E-state index is -4.02. The summed E-state index contributed by atoms with van der Waals surface area (Å²) in [6, 6.07) is 1.13. The quantitative estimate of drug-likeness (QED) is 0.719. The molecule has 0 saturated carbocycles. The molecule has 1 aromatic rings. The first kappa shape index (κ1) is 11.7. The van der Waals surface area contributed by atoms with Crippen LogP contribution in [0.1, 0.15) is 12.5 Å². The Balaban J connectivity index is 3.76. The van der Waals surface area contributed by atoms with Gasteiger partial charge in [-0.1, -0.05) is 0 Å². The van der Waals surface area contributed by atoms with Crippen LogP contribution in [0.15, 0.2) is 15.8 Å². The summed E-state index contributed by atoms with van der Waals surface area (Å²) in [5.41, 5.74) is -0.315.